The van der Waals surface area contributed by atoms with Crippen molar-refractivity contribution >= 4 is 45.8 Å². The van der Waals surface area contributed by atoms with E-state index in [9.17, 15) is 13.8 Å². The third-order valence-corrected chi connectivity index (χ3v) is 9.09. The molecule has 1 N–H and O–H groups in total. The van der Waals surface area contributed by atoms with E-state index in [0.717, 1.165) is 23.4 Å². The molecule has 2 amide bonds. The number of carbonyl (C=O) groups excluding carboxylic acids is 2. The minimum Gasteiger partial charge on any atom is -0.365 e. The molecular weight excluding hydrogens is 557 g/mol. The highest BCUT2D eigenvalue weighted by Crippen LogP contribution is 2.42. The van der Waals surface area contributed by atoms with Crippen LogP contribution in [0.15, 0.2) is 54.6 Å². The summed E-state index contributed by atoms with van der Waals surface area (Å²) in [6.07, 6.45) is 0.889. The van der Waals surface area contributed by atoms with E-state index in [4.69, 9.17) is 33.2 Å². The predicted molar refractivity (Wildman–Crippen MR) is 155 cm³/mol. The molecule has 2 aliphatic rings. The van der Waals surface area contributed by atoms with Crippen LogP contribution < -0.4 is 5.32 Å². The number of morpholine rings is 1. The summed E-state index contributed by atoms with van der Waals surface area (Å²) in [5.41, 5.74) is 0.891. The smallest absolute Gasteiger partial charge is 0.253 e. The molecule has 1 aliphatic heterocycles. The Balaban J connectivity index is 0.000000520. The predicted octanol–water partition coefficient (Wildman–Crippen LogP) is 5.30. The van der Waals surface area contributed by atoms with Crippen molar-refractivity contribution in [1.82, 2.24) is 10.2 Å². The third kappa shape index (κ3) is 9.32. The quantitative estimate of drug-likeness (QED) is 0.420. The first-order valence-corrected chi connectivity index (χ1v) is 15.0. The van der Waals surface area contributed by atoms with Crippen molar-refractivity contribution < 1.29 is 18.5 Å². The molecule has 0 bridgehead atoms. The molecule has 1 heterocycles. The van der Waals surface area contributed by atoms with Gasteiger partial charge in [-0.1, -0.05) is 53.5 Å². The van der Waals surface area contributed by atoms with E-state index >= 15 is 0 Å². The lowest BCUT2D eigenvalue weighted by Crippen LogP contribution is -2.57. The molecule has 1 saturated heterocycles. The van der Waals surface area contributed by atoms with Gasteiger partial charge in [-0.15, -0.1) is 0 Å². The van der Waals surface area contributed by atoms with Crippen molar-refractivity contribution in [2.75, 3.05) is 18.9 Å². The number of amides is 2. The van der Waals surface area contributed by atoms with E-state index in [1.165, 1.54) is 0 Å². The van der Waals surface area contributed by atoms with Gasteiger partial charge in [0.2, 0.25) is 5.91 Å². The second-order valence-electron chi connectivity index (χ2n) is 10.6. The molecule has 210 valence electrons. The van der Waals surface area contributed by atoms with E-state index in [0.29, 0.717) is 10.8 Å². The summed E-state index contributed by atoms with van der Waals surface area (Å²) in [7, 11) is -1.14. The highest BCUT2D eigenvalue weighted by Gasteiger charge is 2.47. The number of nitrogens with one attached hydrogen (secondary N) is 1. The fraction of sp³-hybridized carbons (Fsp3) is 0.483. The summed E-state index contributed by atoms with van der Waals surface area (Å²) in [4.78, 5) is 27.6. The Morgan fingerprint density at radius 2 is 1.74 bits per heavy atom. The zero-order chi connectivity index (χ0) is 28.6. The van der Waals surface area contributed by atoms with Gasteiger partial charge in [0.25, 0.3) is 5.91 Å². The van der Waals surface area contributed by atoms with E-state index in [1.54, 1.807) is 12.1 Å². The zero-order valence-corrected chi connectivity index (χ0v) is 24.8. The van der Waals surface area contributed by atoms with Crippen LogP contribution in [0.1, 0.15) is 51.6 Å². The molecule has 1 aliphatic carbocycles. The molecule has 4 unspecified atom stereocenters. The first kappa shape index (κ1) is 31.1. The van der Waals surface area contributed by atoms with Crippen molar-refractivity contribution in [2.24, 2.45) is 5.92 Å². The topological polar surface area (TPSA) is 99.5 Å². The Bertz CT molecular complexity index is 1180. The van der Waals surface area contributed by atoms with Crippen molar-refractivity contribution in [1.29, 1.82) is 5.26 Å². The van der Waals surface area contributed by atoms with Gasteiger partial charge in [-0.05, 0) is 69.4 Å². The molecule has 2 aromatic rings. The van der Waals surface area contributed by atoms with Crippen LogP contribution in [0.5, 0.6) is 0 Å². The number of hydrogen-bond acceptors (Lipinski definition) is 5. The average molecular weight is 593 g/mol. The maximum absolute atomic E-state index is 13.6. The summed E-state index contributed by atoms with van der Waals surface area (Å²) in [5.74, 6) is -0.00878. The standard InChI is InChI=1S/C23H30ClN3O4S.C6H5Cl/c1-23(2,3)32(30)14-19(16-4-5-16)27-18(15-6-8-17(24)9-7-15)13-31-20(22(27)29)12-21(28)26-11-10-25;7-6-4-2-1-3-5-6/h6-9,16,18-20H,4-5,11-14H2,1-3H3,(H,26,28);1-5H. The fourth-order valence-corrected chi connectivity index (χ4v) is 5.80. The van der Waals surface area contributed by atoms with E-state index in [1.807, 2.05) is 74.2 Å². The second-order valence-corrected chi connectivity index (χ2v) is 13.7. The molecule has 1 saturated carbocycles. The Morgan fingerprint density at radius 1 is 1.13 bits per heavy atom. The average Bonchev–Trinajstić information content (AvgIpc) is 3.74. The van der Waals surface area contributed by atoms with Gasteiger partial charge in [-0.3, -0.25) is 13.8 Å². The molecule has 39 heavy (non-hydrogen) atoms. The molecule has 2 fully saturated rings. The van der Waals surface area contributed by atoms with Crippen molar-refractivity contribution in [2.45, 2.75) is 63.0 Å². The number of carbonyl (C=O) groups is 2. The zero-order valence-electron chi connectivity index (χ0n) is 22.4. The number of nitrogens with zero attached hydrogens (tertiary/aromatic N) is 2. The molecule has 0 radical (unpaired) electrons. The van der Waals surface area contributed by atoms with Crippen LogP contribution in [0, 0.1) is 17.2 Å². The van der Waals surface area contributed by atoms with Crippen molar-refractivity contribution in [3.05, 3.63) is 70.2 Å². The van der Waals surface area contributed by atoms with Gasteiger partial charge >= 0.3 is 0 Å². The third-order valence-electron chi connectivity index (χ3n) is 6.57. The number of rotatable bonds is 8. The van der Waals surface area contributed by atoms with E-state index < -0.39 is 27.6 Å². The minimum atomic E-state index is -1.14. The summed E-state index contributed by atoms with van der Waals surface area (Å²) < 4.78 is 18.5. The van der Waals surface area contributed by atoms with Crippen molar-refractivity contribution in [3.8, 4) is 6.07 Å². The largest absolute Gasteiger partial charge is 0.365 e. The lowest BCUT2D eigenvalue weighted by Gasteiger charge is -2.44. The normalized spacial score (nSPS) is 20.7. The van der Waals surface area contributed by atoms with Gasteiger partial charge in [-0.2, -0.15) is 5.26 Å². The van der Waals surface area contributed by atoms with Gasteiger partial charge in [0.05, 0.1) is 25.1 Å². The molecule has 10 heteroatoms. The highest BCUT2D eigenvalue weighted by atomic mass is 35.5. The van der Waals surface area contributed by atoms with Gasteiger partial charge in [0.15, 0.2) is 0 Å². The van der Waals surface area contributed by atoms with E-state index in [-0.39, 0.29) is 43.5 Å². The summed E-state index contributed by atoms with van der Waals surface area (Å²) in [6, 6.07) is 18.1. The van der Waals surface area contributed by atoms with Crippen LogP contribution in [0.4, 0.5) is 0 Å². The van der Waals surface area contributed by atoms with Crippen molar-refractivity contribution in [3.63, 3.8) is 0 Å². The summed E-state index contributed by atoms with van der Waals surface area (Å²) in [5, 5.41) is 12.5. The maximum Gasteiger partial charge on any atom is 0.253 e. The summed E-state index contributed by atoms with van der Waals surface area (Å²) >= 11 is 11.6. The monoisotopic (exact) mass is 591 g/mol. The lowest BCUT2D eigenvalue weighted by molar-refractivity contribution is -0.166. The Morgan fingerprint density at radius 3 is 2.26 bits per heavy atom. The van der Waals surface area contributed by atoms with Crippen LogP contribution in [0.3, 0.4) is 0 Å². The van der Waals surface area contributed by atoms with Gasteiger partial charge in [0.1, 0.15) is 12.6 Å². The maximum atomic E-state index is 13.6. The molecule has 0 spiro atoms. The first-order chi connectivity index (χ1) is 18.5. The van der Waals surface area contributed by atoms with Gasteiger partial charge < -0.3 is 15.0 Å². The number of ether oxygens (including phenoxy) is 1. The second kappa shape index (κ2) is 14.3. The Labute approximate surface area is 243 Å². The first-order valence-electron chi connectivity index (χ1n) is 12.9. The molecular formula is C29H35Cl2N3O4S. The van der Waals surface area contributed by atoms with Crippen LogP contribution in [-0.4, -0.2) is 56.7 Å². The number of benzene rings is 2. The molecule has 4 atom stereocenters. The van der Waals surface area contributed by atoms with Crippen LogP contribution in [-0.2, 0) is 25.1 Å². The fourth-order valence-electron chi connectivity index (χ4n) is 4.28. The number of hydrogen-bond donors (Lipinski definition) is 1. The Hall–Kier alpha value is -2.44. The van der Waals surface area contributed by atoms with Gasteiger partial charge in [0, 0.05) is 37.4 Å². The lowest BCUT2D eigenvalue weighted by atomic mass is 9.98. The minimum absolute atomic E-state index is 0.119. The Kier molecular flexibility index (Phi) is 11.4. The molecule has 0 aromatic heterocycles. The molecule has 2 aromatic carbocycles. The van der Waals surface area contributed by atoms with Crippen LogP contribution in [0.2, 0.25) is 10.0 Å². The number of nitriles is 1. The summed E-state index contributed by atoms with van der Waals surface area (Å²) in [6.45, 7) is 5.93. The van der Waals surface area contributed by atoms with Gasteiger partial charge in [-0.25, -0.2) is 0 Å². The SMILES string of the molecule is CC(C)(C)S(=O)CC(C1CC1)N1C(=O)C(CC(=O)NCC#N)OCC1c1ccc(Cl)cc1.Clc1ccccc1. The van der Waals surface area contributed by atoms with Crippen LogP contribution in [0.25, 0.3) is 0 Å². The van der Waals surface area contributed by atoms with Crippen LogP contribution >= 0.6 is 23.2 Å². The molecule has 4 rings (SSSR count). The highest BCUT2D eigenvalue weighted by molar-refractivity contribution is 7.86. The molecule has 7 nitrogen and oxygen atoms in total. The number of halogens is 2. The van der Waals surface area contributed by atoms with E-state index in [2.05, 4.69) is 5.32 Å².